The Morgan fingerprint density at radius 1 is 1.05 bits per heavy atom. The van der Waals surface area contributed by atoms with Crippen molar-refractivity contribution in [2.45, 2.75) is 25.8 Å². The molecule has 0 unspecified atom stereocenters. The van der Waals surface area contributed by atoms with Crippen molar-refractivity contribution < 1.29 is 4.39 Å². The highest BCUT2D eigenvalue weighted by Crippen LogP contribution is 2.22. The molecule has 3 heteroatoms. The Bertz CT molecular complexity index is 545. The second-order valence-electron chi connectivity index (χ2n) is 5.87. The molecule has 1 aliphatic heterocycles. The van der Waals surface area contributed by atoms with Crippen molar-refractivity contribution in [1.29, 1.82) is 0 Å². The van der Waals surface area contributed by atoms with Gasteiger partial charge in [0.1, 0.15) is 5.82 Å². The van der Waals surface area contributed by atoms with E-state index in [1.807, 2.05) is 30.5 Å². The molecular formula is C18H21FN2. The lowest BCUT2D eigenvalue weighted by molar-refractivity contribution is 0.175. The SMILES string of the molecule is Fc1ccc(CC2CCN(Cc3ccccn3)CC2)cc1. The van der Waals surface area contributed by atoms with Gasteiger partial charge in [0.2, 0.25) is 0 Å². The maximum absolute atomic E-state index is 12.9. The first-order valence-electron chi connectivity index (χ1n) is 7.66. The van der Waals surface area contributed by atoms with Crippen LogP contribution in [0.5, 0.6) is 0 Å². The normalized spacial score (nSPS) is 17.0. The van der Waals surface area contributed by atoms with Crippen molar-refractivity contribution in [3.8, 4) is 0 Å². The molecule has 0 spiro atoms. The predicted octanol–water partition coefficient (Wildman–Crippen LogP) is 3.68. The van der Waals surface area contributed by atoms with E-state index in [9.17, 15) is 4.39 Å². The molecule has 110 valence electrons. The second kappa shape index (κ2) is 6.81. The van der Waals surface area contributed by atoms with Gasteiger partial charge in [-0.1, -0.05) is 18.2 Å². The van der Waals surface area contributed by atoms with Crippen LogP contribution in [0.4, 0.5) is 4.39 Å². The molecule has 21 heavy (non-hydrogen) atoms. The number of hydrogen-bond donors (Lipinski definition) is 0. The summed E-state index contributed by atoms with van der Waals surface area (Å²) in [5.74, 6) is 0.569. The third kappa shape index (κ3) is 4.11. The van der Waals surface area contributed by atoms with Crippen LogP contribution in [-0.2, 0) is 13.0 Å². The lowest BCUT2D eigenvalue weighted by atomic mass is 9.90. The Kier molecular flexibility index (Phi) is 4.61. The highest BCUT2D eigenvalue weighted by Gasteiger charge is 2.19. The van der Waals surface area contributed by atoms with E-state index in [1.165, 1.54) is 18.4 Å². The summed E-state index contributed by atoms with van der Waals surface area (Å²) in [6.45, 7) is 3.20. The highest BCUT2D eigenvalue weighted by molar-refractivity contribution is 5.16. The van der Waals surface area contributed by atoms with Crippen LogP contribution in [0.1, 0.15) is 24.1 Å². The minimum Gasteiger partial charge on any atom is -0.297 e. The van der Waals surface area contributed by atoms with Gasteiger partial charge in [-0.3, -0.25) is 9.88 Å². The lowest BCUT2D eigenvalue weighted by Crippen LogP contribution is -2.34. The van der Waals surface area contributed by atoms with Crippen LogP contribution in [0, 0.1) is 11.7 Å². The van der Waals surface area contributed by atoms with Gasteiger partial charge in [-0.15, -0.1) is 0 Å². The highest BCUT2D eigenvalue weighted by atomic mass is 19.1. The summed E-state index contributed by atoms with van der Waals surface area (Å²) in [5.41, 5.74) is 2.40. The van der Waals surface area contributed by atoms with Gasteiger partial charge in [0.05, 0.1) is 5.69 Å². The zero-order valence-corrected chi connectivity index (χ0v) is 12.2. The first-order valence-corrected chi connectivity index (χ1v) is 7.66. The molecular weight excluding hydrogens is 263 g/mol. The zero-order valence-electron chi connectivity index (χ0n) is 12.2. The van der Waals surface area contributed by atoms with Gasteiger partial charge in [-0.05, 0) is 68.1 Å². The molecule has 0 aliphatic carbocycles. The van der Waals surface area contributed by atoms with Crippen LogP contribution in [0.3, 0.4) is 0 Å². The van der Waals surface area contributed by atoms with Gasteiger partial charge in [0, 0.05) is 12.7 Å². The number of benzene rings is 1. The van der Waals surface area contributed by atoms with Crippen molar-refractivity contribution in [1.82, 2.24) is 9.88 Å². The molecule has 0 amide bonds. The van der Waals surface area contributed by atoms with E-state index < -0.39 is 0 Å². The number of rotatable bonds is 4. The van der Waals surface area contributed by atoms with Crippen LogP contribution >= 0.6 is 0 Å². The monoisotopic (exact) mass is 284 g/mol. The Morgan fingerprint density at radius 2 is 1.81 bits per heavy atom. The van der Waals surface area contributed by atoms with Crippen molar-refractivity contribution in [2.24, 2.45) is 5.92 Å². The number of aromatic nitrogens is 1. The summed E-state index contributed by atoms with van der Waals surface area (Å²) >= 11 is 0. The summed E-state index contributed by atoms with van der Waals surface area (Å²) in [6.07, 6.45) is 5.35. The summed E-state index contributed by atoms with van der Waals surface area (Å²) in [7, 11) is 0. The average molecular weight is 284 g/mol. The Hall–Kier alpha value is -1.74. The number of hydrogen-bond acceptors (Lipinski definition) is 2. The molecule has 3 rings (SSSR count). The molecule has 0 atom stereocenters. The minimum atomic E-state index is -0.149. The van der Waals surface area contributed by atoms with E-state index in [1.54, 1.807) is 12.1 Å². The topological polar surface area (TPSA) is 16.1 Å². The van der Waals surface area contributed by atoms with E-state index in [-0.39, 0.29) is 5.82 Å². The van der Waals surface area contributed by atoms with Crippen LogP contribution in [0.25, 0.3) is 0 Å². The third-order valence-corrected chi connectivity index (χ3v) is 4.26. The van der Waals surface area contributed by atoms with Gasteiger partial charge in [0.25, 0.3) is 0 Å². The fourth-order valence-corrected chi connectivity index (χ4v) is 3.02. The van der Waals surface area contributed by atoms with Gasteiger partial charge in [0.15, 0.2) is 0 Å². The first kappa shape index (κ1) is 14.2. The van der Waals surface area contributed by atoms with Gasteiger partial charge in [-0.2, -0.15) is 0 Å². The van der Waals surface area contributed by atoms with E-state index in [0.29, 0.717) is 0 Å². The smallest absolute Gasteiger partial charge is 0.123 e. The van der Waals surface area contributed by atoms with E-state index in [2.05, 4.69) is 16.0 Å². The number of likely N-dealkylation sites (tertiary alicyclic amines) is 1. The maximum atomic E-state index is 12.9. The fraction of sp³-hybridized carbons (Fsp3) is 0.389. The minimum absolute atomic E-state index is 0.149. The van der Waals surface area contributed by atoms with Crippen molar-refractivity contribution in [3.63, 3.8) is 0 Å². The predicted molar refractivity (Wildman–Crippen MR) is 82.3 cm³/mol. The molecule has 2 nitrogen and oxygen atoms in total. The molecule has 1 saturated heterocycles. The molecule has 1 aliphatic rings. The standard InChI is InChI=1S/C18H21FN2/c19-17-6-4-15(5-7-17)13-16-8-11-21(12-9-16)14-18-3-1-2-10-20-18/h1-7,10,16H,8-9,11-14H2. The quantitative estimate of drug-likeness (QED) is 0.851. The molecule has 2 aromatic rings. The van der Waals surface area contributed by atoms with Crippen molar-refractivity contribution in [3.05, 3.63) is 65.7 Å². The summed E-state index contributed by atoms with van der Waals surface area (Å²) in [4.78, 5) is 6.87. The molecule has 0 radical (unpaired) electrons. The van der Waals surface area contributed by atoms with Crippen LogP contribution in [0.15, 0.2) is 48.7 Å². The zero-order chi connectivity index (χ0) is 14.5. The molecule has 0 saturated carbocycles. The van der Waals surface area contributed by atoms with Crippen molar-refractivity contribution >= 4 is 0 Å². The van der Waals surface area contributed by atoms with Crippen molar-refractivity contribution in [2.75, 3.05) is 13.1 Å². The first-order chi connectivity index (χ1) is 10.3. The number of halogens is 1. The van der Waals surface area contributed by atoms with Gasteiger partial charge < -0.3 is 0 Å². The summed E-state index contributed by atoms with van der Waals surface area (Å²) in [6, 6.07) is 13.0. The second-order valence-corrected chi connectivity index (χ2v) is 5.87. The summed E-state index contributed by atoms with van der Waals surface area (Å²) < 4.78 is 12.9. The lowest BCUT2D eigenvalue weighted by Gasteiger charge is -2.31. The summed E-state index contributed by atoms with van der Waals surface area (Å²) in [5, 5.41) is 0. The average Bonchev–Trinajstić information content (AvgIpc) is 2.53. The van der Waals surface area contributed by atoms with E-state index in [0.717, 1.165) is 37.7 Å². The Morgan fingerprint density at radius 3 is 2.48 bits per heavy atom. The number of pyridine rings is 1. The number of piperidine rings is 1. The molecule has 1 aromatic carbocycles. The third-order valence-electron chi connectivity index (χ3n) is 4.26. The molecule has 0 N–H and O–H groups in total. The molecule has 0 bridgehead atoms. The maximum Gasteiger partial charge on any atom is 0.123 e. The Balaban J connectivity index is 1.47. The number of nitrogens with zero attached hydrogens (tertiary/aromatic N) is 2. The van der Waals surface area contributed by atoms with Crippen LogP contribution < -0.4 is 0 Å². The van der Waals surface area contributed by atoms with Gasteiger partial charge in [-0.25, -0.2) is 4.39 Å². The Labute approximate surface area is 125 Å². The van der Waals surface area contributed by atoms with E-state index in [4.69, 9.17) is 0 Å². The van der Waals surface area contributed by atoms with E-state index >= 15 is 0 Å². The largest absolute Gasteiger partial charge is 0.297 e. The van der Waals surface area contributed by atoms with Crippen LogP contribution in [-0.4, -0.2) is 23.0 Å². The van der Waals surface area contributed by atoms with Crippen LogP contribution in [0.2, 0.25) is 0 Å². The molecule has 1 aromatic heterocycles. The molecule has 2 heterocycles. The van der Waals surface area contributed by atoms with Gasteiger partial charge >= 0.3 is 0 Å². The molecule has 1 fully saturated rings. The fourth-order valence-electron chi connectivity index (χ4n) is 3.02.